The molecule has 3 heteroatoms. The third kappa shape index (κ3) is 4.09. The summed E-state index contributed by atoms with van der Waals surface area (Å²) >= 11 is 0. The highest BCUT2D eigenvalue weighted by Crippen LogP contribution is 2.24. The molecule has 108 valence electrons. The normalized spacial score (nSPS) is 15.4. The maximum atomic E-state index is 6.00. The number of hydrazone groups is 1. The first kappa shape index (κ1) is 13.7. The second-order valence-electron chi connectivity index (χ2n) is 5.33. The van der Waals surface area contributed by atoms with E-state index < -0.39 is 0 Å². The Balaban J connectivity index is 1.60. The highest BCUT2D eigenvalue weighted by Gasteiger charge is 2.16. The van der Waals surface area contributed by atoms with Gasteiger partial charge in [0.15, 0.2) is 0 Å². The van der Waals surface area contributed by atoms with Crippen molar-refractivity contribution in [1.82, 2.24) is 0 Å². The summed E-state index contributed by atoms with van der Waals surface area (Å²) in [7, 11) is 0. The van der Waals surface area contributed by atoms with Crippen molar-refractivity contribution in [2.75, 3.05) is 5.43 Å². The Morgan fingerprint density at radius 2 is 1.81 bits per heavy atom. The zero-order valence-electron chi connectivity index (χ0n) is 12.0. The monoisotopic (exact) mass is 280 g/mol. The van der Waals surface area contributed by atoms with Crippen LogP contribution in [0, 0.1) is 0 Å². The quantitative estimate of drug-likeness (QED) is 0.648. The van der Waals surface area contributed by atoms with Gasteiger partial charge in [0.1, 0.15) is 5.75 Å². The van der Waals surface area contributed by atoms with E-state index >= 15 is 0 Å². The lowest BCUT2D eigenvalue weighted by Crippen LogP contribution is -2.10. The first-order valence-corrected chi connectivity index (χ1v) is 7.51. The number of anilines is 1. The zero-order valence-corrected chi connectivity index (χ0v) is 12.0. The molecule has 1 aliphatic rings. The van der Waals surface area contributed by atoms with E-state index in [9.17, 15) is 0 Å². The Morgan fingerprint density at radius 1 is 1.00 bits per heavy atom. The van der Waals surface area contributed by atoms with E-state index in [4.69, 9.17) is 4.74 Å². The van der Waals surface area contributed by atoms with Crippen LogP contribution >= 0.6 is 0 Å². The van der Waals surface area contributed by atoms with Crippen LogP contribution < -0.4 is 10.2 Å². The van der Waals surface area contributed by atoms with Gasteiger partial charge in [0.25, 0.3) is 0 Å². The highest BCUT2D eigenvalue weighted by atomic mass is 16.5. The summed E-state index contributed by atoms with van der Waals surface area (Å²) in [5.74, 6) is 0.936. The van der Waals surface area contributed by atoms with Crippen LogP contribution in [0.4, 0.5) is 5.69 Å². The number of hydrogen-bond donors (Lipinski definition) is 1. The third-order valence-corrected chi connectivity index (χ3v) is 3.64. The molecule has 0 atom stereocenters. The van der Waals surface area contributed by atoms with Crippen molar-refractivity contribution in [1.29, 1.82) is 0 Å². The lowest BCUT2D eigenvalue weighted by atomic mass is 10.2. The van der Waals surface area contributed by atoms with Gasteiger partial charge < -0.3 is 4.74 Å². The zero-order chi connectivity index (χ0) is 14.3. The van der Waals surface area contributed by atoms with Gasteiger partial charge in [-0.3, -0.25) is 5.43 Å². The number of para-hydroxylation sites is 1. The molecule has 0 radical (unpaired) electrons. The number of benzene rings is 2. The number of rotatable bonds is 5. The van der Waals surface area contributed by atoms with Crippen molar-refractivity contribution < 1.29 is 4.74 Å². The van der Waals surface area contributed by atoms with Gasteiger partial charge in [0, 0.05) is 0 Å². The van der Waals surface area contributed by atoms with Crippen molar-refractivity contribution in [3.05, 3.63) is 60.2 Å². The van der Waals surface area contributed by atoms with Gasteiger partial charge in [0.05, 0.1) is 18.0 Å². The fourth-order valence-corrected chi connectivity index (χ4v) is 2.56. The van der Waals surface area contributed by atoms with Crippen LogP contribution in [0.3, 0.4) is 0 Å². The summed E-state index contributed by atoms with van der Waals surface area (Å²) in [6, 6.07) is 18.0. The fourth-order valence-electron chi connectivity index (χ4n) is 2.56. The Hall–Kier alpha value is -2.29. The van der Waals surface area contributed by atoms with Crippen LogP contribution in [-0.4, -0.2) is 12.3 Å². The molecule has 3 rings (SSSR count). The maximum absolute atomic E-state index is 6.00. The molecule has 2 aromatic rings. The molecule has 1 saturated carbocycles. The molecule has 0 saturated heterocycles. The van der Waals surface area contributed by atoms with Gasteiger partial charge in [-0.2, -0.15) is 5.10 Å². The lowest BCUT2D eigenvalue weighted by molar-refractivity contribution is 0.210. The minimum Gasteiger partial charge on any atom is -0.490 e. The summed E-state index contributed by atoms with van der Waals surface area (Å²) < 4.78 is 6.00. The van der Waals surface area contributed by atoms with Gasteiger partial charge in [-0.05, 0) is 55.5 Å². The van der Waals surface area contributed by atoms with Crippen molar-refractivity contribution in [2.24, 2.45) is 5.10 Å². The van der Waals surface area contributed by atoms with Crippen molar-refractivity contribution in [3.63, 3.8) is 0 Å². The van der Waals surface area contributed by atoms with E-state index in [1.54, 1.807) is 0 Å². The molecule has 1 N–H and O–H groups in total. The predicted molar refractivity (Wildman–Crippen MR) is 87.0 cm³/mol. The minimum atomic E-state index is 0.389. The van der Waals surface area contributed by atoms with Crippen LogP contribution in [0.1, 0.15) is 31.2 Å². The number of hydrogen-bond acceptors (Lipinski definition) is 3. The predicted octanol–water partition coefficient (Wildman–Crippen LogP) is 4.45. The second kappa shape index (κ2) is 6.93. The van der Waals surface area contributed by atoms with Crippen LogP contribution in [0.25, 0.3) is 0 Å². The van der Waals surface area contributed by atoms with Crippen LogP contribution in [0.2, 0.25) is 0 Å². The number of nitrogens with one attached hydrogen (secondary N) is 1. The SMILES string of the molecule is C(=NNc1ccccc1)c1cccc(OC2CCCC2)c1. The molecular weight excluding hydrogens is 260 g/mol. The van der Waals surface area contributed by atoms with E-state index in [-0.39, 0.29) is 0 Å². The Morgan fingerprint density at radius 3 is 2.62 bits per heavy atom. The fraction of sp³-hybridized carbons (Fsp3) is 0.278. The molecule has 21 heavy (non-hydrogen) atoms. The molecule has 1 fully saturated rings. The minimum absolute atomic E-state index is 0.389. The van der Waals surface area contributed by atoms with Crippen LogP contribution in [0.15, 0.2) is 59.7 Å². The second-order valence-corrected chi connectivity index (χ2v) is 5.33. The average molecular weight is 280 g/mol. The van der Waals surface area contributed by atoms with Gasteiger partial charge >= 0.3 is 0 Å². The smallest absolute Gasteiger partial charge is 0.120 e. The summed E-state index contributed by atoms with van der Waals surface area (Å²) in [5.41, 5.74) is 5.03. The summed E-state index contributed by atoms with van der Waals surface area (Å²) in [6.07, 6.45) is 7.12. The standard InChI is InChI=1S/C18H20N2O/c1-2-8-16(9-3-1)20-19-14-15-7-6-12-18(13-15)21-17-10-4-5-11-17/h1-3,6-9,12-14,17,20H,4-5,10-11H2. The topological polar surface area (TPSA) is 33.6 Å². The molecule has 0 unspecified atom stereocenters. The van der Waals surface area contributed by atoms with E-state index in [0.717, 1.165) is 17.0 Å². The van der Waals surface area contributed by atoms with E-state index in [1.807, 2.05) is 60.8 Å². The Labute approximate surface area is 125 Å². The van der Waals surface area contributed by atoms with Gasteiger partial charge in [-0.1, -0.05) is 30.3 Å². The first-order valence-electron chi connectivity index (χ1n) is 7.51. The Bertz CT molecular complexity index is 589. The molecule has 2 aromatic carbocycles. The summed E-state index contributed by atoms with van der Waals surface area (Å²) in [5, 5.41) is 4.25. The average Bonchev–Trinajstić information content (AvgIpc) is 3.02. The van der Waals surface area contributed by atoms with E-state index in [0.29, 0.717) is 6.10 Å². The van der Waals surface area contributed by atoms with Crippen molar-refractivity contribution in [3.8, 4) is 5.75 Å². The van der Waals surface area contributed by atoms with Crippen LogP contribution in [0.5, 0.6) is 5.75 Å². The molecule has 0 spiro atoms. The lowest BCUT2D eigenvalue weighted by Gasteiger charge is -2.13. The van der Waals surface area contributed by atoms with Crippen LogP contribution in [-0.2, 0) is 0 Å². The summed E-state index contributed by atoms with van der Waals surface area (Å²) in [4.78, 5) is 0. The van der Waals surface area contributed by atoms with E-state index in [2.05, 4.69) is 10.5 Å². The van der Waals surface area contributed by atoms with Crippen molar-refractivity contribution >= 4 is 11.9 Å². The molecular formula is C18H20N2O. The maximum Gasteiger partial charge on any atom is 0.120 e. The molecule has 3 nitrogen and oxygen atoms in total. The molecule has 0 heterocycles. The highest BCUT2D eigenvalue weighted by molar-refractivity contribution is 5.80. The molecule has 0 aliphatic heterocycles. The van der Waals surface area contributed by atoms with Gasteiger partial charge in [-0.25, -0.2) is 0 Å². The number of nitrogens with zero attached hydrogens (tertiary/aromatic N) is 1. The molecule has 0 aromatic heterocycles. The van der Waals surface area contributed by atoms with E-state index in [1.165, 1.54) is 25.7 Å². The van der Waals surface area contributed by atoms with Gasteiger partial charge in [0.2, 0.25) is 0 Å². The third-order valence-electron chi connectivity index (χ3n) is 3.64. The first-order chi connectivity index (χ1) is 10.4. The number of ether oxygens (including phenoxy) is 1. The van der Waals surface area contributed by atoms with Crippen molar-refractivity contribution in [2.45, 2.75) is 31.8 Å². The molecule has 0 bridgehead atoms. The molecule has 0 amide bonds. The summed E-state index contributed by atoms with van der Waals surface area (Å²) in [6.45, 7) is 0. The van der Waals surface area contributed by atoms with Gasteiger partial charge in [-0.15, -0.1) is 0 Å². The molecule has 1 aliphatic carbocycles. The Kier molecular flexibility index (Phi) is 4.52. The largest absolute Gasteiger partial charge is 0.490 e.